The van der Waals surface area contributed by atoms with Gasteiger partial charge in [-0.2, -0.15) is 0 Å². The Hall–Kier alpha value is -0.770. The van der Waals surface area contributed by atoms with Crippen molar-refractivity contribution in [2.24, 2.45) is 0 Å². The summed E-state index contributed by atoms with van der Waals surface area (Å²) < 4.78 is 5.80. The first-order valence-corrected chi connectivity index (χ1v) is 7.80. The van der Waals surface area contributed by atoms with E-state index in [1.165, 1.54) is 6.92 Å². The van der Waals surface area contributed by atoms with Gasteiger partial charge in [-0.15, -0.1) is 0 Å². The van der Waals surface area contributed by atoms with Crippen LogP contribution >= 0.6 is 23.2 Å². The van der Waals surface area contributed by atoms with Gasteiger partial charge in [0.15, 0.2) is 11.8 Å². The molecular formula is C15H22Cl2NO2+. The van der Waals surface area contributed by atoms with E-state index >= 15 is 0 Å². The zero-order valence-electron chi connectivity index (χ0n) is 12.3. The fourth-order valence-corrected chi connectivity index (χ4v) is 2.91. The molecule has 5 heteroatoms. The predicted molar refractivity (Wildman–Crippen MR) is 85.6 cm³/mol. The van der Waals surface area contributed by atoms with Crippen LogP contribution in [0.25, 0.3) is 0 Å². The summed E-state index contributed by atoms with van der Waals surface area (Å²) >= 11 is 12.4. The standard InChI is InChI=1S/C15H22Cl2NO2/c1-4-6-10-20-14-9-7-8-13(17)15(14)18(5-2,11-16)12(3)19/h7-9H,4-6,10-11H2,1-3H3/q+1. The van der Waals surface area contributed by atoms with E-state index < -0.39 is 0 Å². The van der Waals surface area contributed by atoms with Crippen molar-refractivity contribution in [1.29, 1.82) is 0 Å². The molecule has 1 amide bonds. The molecule has 3 nitrogen and oxygen atoms in total. The minimum Gasteiger partial charge on any atom is -0.487 e. The van der Waals surface area contributed by atoms with Crippen LogP contribution in [0.3, 0.4) is 0 Å². The smallest absolute Gasteiger partial charge is 0.316 e. The van der Waals surface area contributed by atoms with Crippen molar-refractivity contribution in [2.75, 3.05) is 19.2 Å². The summed E-state index contributed by atoms with van der Waals surface area (Å²) in [6.07, 6.45) is 2.00. The van der Waals surface area contributed by atoms with Crippen molar-refractivity contribution in [1.82, 2.24) is 4.48 Å². The zero-order chi connectivity index (χ0) is 15.2. The van der Waals surface area contributed by atoms with Crippen LogP contribution in [0.4, 0.5) is 5.69 Å². The Morgan fingerprint density at radius 2 is 2.05 bits per heavy atom. The van der Waals surface area contributed by atoms with Crippen LogP contribution in [0.1, 0.15) is 33.6 Å². The second kappa shape index (κ2) is 7.87. The van der Waals surface area contributed by atoms with Crippen molar-refractivity contribution >= 4 is 34.8 Å². The molecule has 1 atom stereocenters. The SMILES string of the molecule is CCCCOc1cccc(Cl)c1[N+](CC)(CCl)C(C)=O. The number of hydrogen-bond donors (Lipinski definition) is 0. The Bertz CT molecular complexity index is 459. The molecule has 0 bridgehead atoms. The Kier molecular flexibility index (Phi) is 6.80. The fraction of sp³-hybridized carbons (Fsp3) is 0.533. The molecule has 0 heterocycles. The molecule has 0 radical (unpaired) electrons. The number of halogens is 2. The highest BCUT2D eigenvalue weighted by molar-refractivity contribution is 6.34. The van der Waals surface area contributed by atoms with Gasteiger partial charge in [0, 0.05) is 0 Å². The average Bonchev–Trinajstić information content (AvgIpc) is 2.43. The van der Waals surface area contributed by atoms with Gasteiger partial charge >= 0.3 is 5.91 Å². The van der Waals surface area contributed by atoms with Gasteiger partial charge in [-0.1, -0.05) is 42.6 Å². The minimum absolute atomic E-state index is 0.0112. The van der Waals surface area contributed by atoms with Crippen molar-refractivity contribution in [2.45, 2.75) is 33.6 Å². The van der Waals surface area contributed by atoms with Gasteiger partial charge in [-0.25, -0.2) is 9.28 Å². The van der Waals surface area contributed by atoms with Gasteiger partial charge < -0.3 is 4.74 Å². The maximum absolute atomic E-state index is 12.1. The summed E-state index contributed by atoms with van der Waals surface area (Å²) in [5.74, 6) is 0.597. The quantitative estimate of drug-likeness (QED) is 0.318. The van der Waals surface area contributed by atoms with Crippen LogP contribution in [0, 0.1) is 0 Å². The highest BCUT2D eigenvalue weighted by Crippen LogP contribution is 2.41. The van der Waals surface area contributed by atoms with Crippen molar-refractivity contribution in [3.63, 3.8) is 0 Å². The third kappa shape index (κ3) is 3.46. The van der Waals surface area contributed by atoms with Crippen molar-refractivity contribution < 1.29 is 9.53 Å². The van der Waals surface area contributed by atoms with Crippen LogP contribution in [-0.2, 0) is 4.79 Å². The fourth-order valence-electron chi connectivity index (χ4n) is 2.12. The first kappa shape index (κ1) is 17.3. The number of carbonyl (C=O) groups excluding carboxylic acids is 1. The van der Waals surface area contributed by atoms with Crippen LogP contribution in [0.2, 0.25) is 5.02 Å². The molecule has 20 heavy (non-hydrogen) atoms. The minimum atomic E-state index is -0.0454. The Morgan fingerprint density at radius 1 is 1.35 bits per heavy atom. The van der Waals surface area contributed by atoms with Crippen LogP contribution in [0.15, 0.2) is 18.2 Å². The lowest BCUT2D eigenvalue weighted by Crippen LogP contribution is -2.52. The molecule has 0 N–H and O–H groups in total. The number of para-hydroxylation sites is 1. The number of rotatable bonds is 7. The number of hydrogen-bond acceptors (Lipinski definition) is 2. The highest BCUT2D eigenvalue weighted by atomic mass is 35.5. The van der Waals surface area contributed by atoms with Crippen molar-refractivity contribution in [3.8, 4) is 5.75 Å². The number of quaternary nitrogens is 1. The monoisotopic (exact) mass is 318 g/mol. The Labute approximate surface area is 131 Å². The summed E-state index contributed by atoms with van der Waals surface area (Å²) in [6.45, 7) is 6.69. The van der Waals surface area contributed by atoms with Gasteiger partial charge in [-0.05, 0) is 25.5 Å². The number of benzene rings is 1. The molecule has 1 aromatic rings. The maximum atomic E-state index is 12.1. The number of carbonyl (C=O) groups is 1. The first-order chi connectivity index (χ1) is 9.53. The molecule has 1 rings (SSSR count). The molecule has 0 aliphatic heterocycles. The van der Waals surface area contributed by atoms with E-state index in [0.717, 1.165) is 12.8 Å². The third-order valence-electron chi connectivity index (χ3n) is 3.48. The second-order valence-electron chi connectivity index (χ2n) is 4.71. The van der Waals surface area contributed by atoms with Crippen LogP contribution < -0.4 is 9.22 Å². The largest absolute Gasteiger partial charge is 0.487 e. The van der Waals surface area contributed by atoms with Gasteiger partial charge in [0.2, 0.25) is 5.69 Å². The summed E-state index contributed by atoms with van der Waals surface area (Å²) in [4.78, 5) is 12.1. The van der Waals surface area contributed by atoms with E-state index in [2.05, 4.69) is 6.92 Å². The van der Waals surface area contributed by atoms with E-state index in [1.54, 1.807) is 6.07 Å². The maximum Gasteiger partial charge on any atom is 0.316 e. The molecule has 0 aliphatic carbocycles. The molecule has 0 saturated heterocycles. The number of alkyl halides is 1. The summed E-state index contributed by atoms with van der Waals surface area (Å²) in [6, 6.07) is 5.57. The topological polar surface area (TPSA) is 26.3 Å². The molecule has 0 spiro atoms. The molecule has 1 unspecified atom stereocenters. The lowest BCUT2D eigenvalue weighted by molar-refractivity contribution is -0.127. The van der Waals surface area contributed by atoms with E-state index in [4.69, 9.17) is 27.9 Å². The molecule has 112 valence electrons. The normalized spacial score (nSPS) is 13.8. The number of amides is 1. The van der Waals surface area contributed by atoms with E-state index in [-0.39, 0.29) is 16.4 Å². The molecular weight excluding hydrogens is 297 g/mol. The molecule has 0 saturated carbocycles. The molecule has 1 aromatic carbocycles. The zero-order valence-corrected chi connectivity index (χ0v) is 13.8. The Balaban J connectivity index is 3.29. The average molecular weight is 319 g/mol. The van der Waals surface area contributed by atoms with Gasteiger partial charge in [0.1, 0.15) is 5.02 Å². The van der Waals surface area contributed by atoms with Gasteiger partial charge in [0.05, 0.1) is 20.1 Å². The summed E-state index contributed by atoms with van der Waals surface area (Å²) in [5, 5.41) is 0.511. The van der Waals surface area contributed by atoms with E-state index in [1.807, 2.05) is 19.1 Å². The third-order valence-corrected chi connectivity index (χ3v) is 4.19. The number of unbranched alkanes of at least 4 members (excludes halogenated alkanes) is 1. The van der Waals surface area contributed by atoms with Crippen LogP contribution in [0.5, 0.6) is 5.75 Å². The lowest BCUT2D eigenvalue weighted by atomic mass is 10.2. The van der Waals surface area contributed by atoms with Crippen LogP contribution in [-0.4, -0.2) is 25.1 Å². The summed E-state index contributed by atoms with van der Waals surface area (Å²) in [7, 11) is 0. The molecule has 0 aliphatic rings. The molecule has 0 fully saturated rings. The first-order valence-electron chi connectivity index (χ1n) is 6.89. The second-order valence-corrected chi connectivity index (χ2v) is 5.36. The number of ether oxygens (including phenoxy) is 1. The lowest BCUT2D eigenvalue weighted by Gasteiger charge is -2.32. The molecule has 0 aromatic heterocycles. The van der Waals surface area contributed by atoms with Crippen molar-refractivity contribution in [3.05, 3.63) is 23.2 Å². The number of nitrogens with zero attached hydrogens (tertiary/aromatic N) is 1. The van der Waals surface area contributed by atoms with Gasteiger partial charge in [0.25, 0.3) is 0 Å². The van der Waals surface area contributed by atoms with E-state index in [0.29, 0.717) is 29.6 Å². The Morgan fingerprint density at radius 3 is 2.55 bits per heavy atom. The van der Waals surface area contributed by atoms with Gasteiger partial charge in [-0.3, -0.25) is 0 Å². The highest BCUT2D eigenvalue weighted by Gasteiger charge is 2.38. The summed E-state index contributed by atoms with van der Waals surface area (Å²) in [5.41, 5.74) is 0.662. The van der Waals surface area contributed by atoms with E-state index in [9.17, 15) is 4.79 Å². The predicted octanol–water partition coefficient (Wildman–Crippen LogP) is 4.59.